The van der Waals surface area contributed by atoms with Gasteiger partial charge in [-0.2, -0.15) is 13.9 Å². The normalized spacial score (nSPS) is 16.1. The molecule has 1 unspecified atom stereocenters. The highest BCUT2D eigenvalue weighted by Crippen LogP contribution is 2.48. The zero-order valence-corrected chi connectivity index (χ0v) is 32.9. The molecule has 3 amide bonds. The van der Waals surface area contributed by atoms with E-state index in [4.69, 9.17) is 9.47 Å². The Balaban J connectivity index is 1.11. The molecule has 0 aliphatic carbocycles. The minimum absolute atomic E-state index is 0.0244. The number of carbonyl (C=O) groups excluding carboxylic acids is 3. The van der Waals surface area contributed by atoms with E-state index in [0.717, 1.165) is 10.5 Å². The number of piperidine rings is 1. The van der Waals surface area contributed by atoms with E-state index >= 15 is 8.78 Å². The van der Waals surface area contributed by atoms with E-state index in [-0.39, 0.29) is 42.1 Å². The summed E-state index contributed by atoms with van der Waals surface area (Å²) >= 11 is 0. The Labute approximate surface area is 339 Å². The van der Waals surface area contributed by atoms with Crippen molar-refractivity contribution in [3.05, 3.63) is 111 Å². The Hall–Kier alpha value is -7.43. The van der Waals surface area contributed by atoms with Crippen molar-refractivity contribution in [3.8, 4) is 45.0 Å². The third-order valence-electron chi connectivity index (χ3n) is 11.4. The van der Waals surface area contributed by atoms with Gasteiger partial charge in [-0.15, -0.1) is 0 Å². The molecular weight excluding hydrogens is 779 g/mol. The van der Waals surface area contributed by atoms with Gasteiger partial charge in [-0.05, 0) is 53.9 Å². The molecule has 15 nitrogen and oxygen atoms in total. The number of ether oxygens (including phenoxy) is 2. The second-order valence-electron chi connectivity index (χ2n) is 14.9. The number of hydrogen-bond acceptors (Lipinski definition) is 9. The van der Waals surface area contributed by atoms with Crippen LogP contribution in [0.5, 0.6) is 11.5 Å². The van der Waals surface area contributed by atoms with Gasteiger partial charge in [0.2, 0.25) is 11.8 Å². The zero-order chi connectivity index (χ0) is 42.4. The van der Waals surface area contributed by atoms with Crippen molar-refractivity contribution in [2.45, 2.75) is 31.4 Å². The van der Waals surface area contributed by atoms with Gasteiger partial charge < -0.3 is 18.9 Å². The van der Waals surface area contributed by atoms with Gasteiger partial charge >= 0.3 is 17.5 Å². The number of hydrogen-bond donors (Lipinski definition) is 1. The largest absolute Gasteiger partial charge is 0.496 e. The Morgan fingerprint density at radius 2 is 1.60 bits per heavy atom. The molecule has 7 aromatic rings. The fourth-order valence-corrected chi connectivity index (χ4v) is 8.40. The molecule has 60 heavy (non-hydrogen) atoms. The van der Waals surface area contributed by atoms with Crippen molar-refractivity contribution in [1.82, 2.24) is 33.8 Å². The van der Waals surface area contributed by atoms with Crippen molar-refractivity contribution in [3.63, 3.8) is 0 Å². The molecule has 0 radical (unpaired) electrons. The summed E-state index contributed by atoms with van der Waals surface area (Å²) in [6, 6.07) is 13.5. The lowest BCUT2D eigenvalue weighted by Gasteiger charge is -2.22. The number of pyridine rings is 2. The lowest BCUT2D eigenvalue weighted by molar-refractivity contribution is -0.141. The summed E-state index contributed by atoms with van der Waals surface area (Å²) in [6.45, 7) is -0.338. The highest BCUT2D eigenvalue weighted by molar-refractivity contribution is 6.07. The van der Waals surface area contributed by atoms with E-state index in [1.165, 1.54) is 53.3 Å². The molecular formula is C43H36F2N8O7. The van der Waals surface area contributed by atoms with Crippen LogP contribution in [0.3, 0.4) is 0 Å². The molecule has 1 atom stereocenters. The number of halogens is 2. The van der Waals surface area contributed by atoms with Crippen molar-refractivity contribution >= 4 is 45.2 Å². The van der Waals surface area contributed by atoms with Gasteiger partial charge in [0.1, 0.15) is 17.5 Å². The van der Waals surface area contributed by atoms with E-state index in [1.54, 1.807) is 73.6 Å². The Morgan fingerprint density at radius 1 is 0.850 bits per heavy atom. The lowest BCUT2D eigenvalue weighted by atomic mass is 9.97. The van der Waals surface area contributed by atoms with Crippen molar-refractivity contribution < 1.29 is 32.6 Å². The van der Waals surface area contributed by atoms with Gasteiger partial charge in [0, 0.05) is 68.2 Å². The first kappa shape index (κ1) is 38.1. The van der Waals surface area contributed by atoms with Gasteiger partial charge in [-0.3, -0.25) is 43.3 Å². The number of fused-ring (bicyclic) bond motifs is 3. The minimum Gasteiger partial charge on any atom is -0.496 e. The second-order valence-corrected chi connectivity index (χ2v) is 14.9. The molecule has 17 heteroatoms. The number of rotatable bonds is 8. The third-order valence-corrected chi connectivity index (χ3v) is 11.4. The van der Waals surface area contributed by atoms with Crippen LogP contribution in [0.25, 0.3) is 55.3 Å². The monoisotopic (exact) mass is 814 g/mol. The Bertz CT molecular complexity index is 3100. The molecule has 1 N–H and O–H groups in total. The molecule has 6 heterocycles. The highest BCUT2D eigenvalue weighted by atomic mass is 19.3. The van der Waals surface area contributed by atoms with Crippen LogP contribution < -0.4 is 30.9 Å². The maximum absolute atomic E-state index is 16.2. The topological polar surface area (TPSA) is 165 Å². The average Bonchev–Trinajstić information content (AvgIpc) is 3.85. The second kappa shape index (κ2) is 13.9. The van der Waals surface area contributed by atoms with Crippen molar-refractivity contribution in [2.75, 3.05) is 19.1 Å². The van der Waals surface area contributed by atoms with E-state index < -0.39 is 40.9 Å². The van der Waals surface area contributed by atoms with Crippen LogP contribution in [0.15, 0.2) is 89.0 Å². The van der Waals surface area contributed by atoms with Crippen LogP contribution in [-0.4, -0.2) is 60.4 Å². The molecule has 3 aromatic carbocycles. The molecule has 0 bridgehead atoms. The van der Waals surface area contributed by atoms with Crippen LogP contribution in [0.4, 0.5) is 14.5 Å². The average molecular weight is 815 g/mol. The first-order chi connectivity index (χ1) is 28.7. The number of imidazole rings is 1. The van der Waals surface area contributed by atoms with E-state index in [9.17, 15) is 24.0 Å². The molecule has 1 fully saturated rings. The quantitative estimate of drug-likeness (QED) is 0.209. The Morgan fingerprint density at radius 3 is 2.28 bits per heavy atom. The summed E-state index contributed by atoms with van der Waals surface area (Å²) in [4.78, 5) is 70.6. The first-order valence-corrected chi connectivity index (χ1v) is 18.8. The van der Waals surface area contributed by atoms with E-state index in [1.807, 2.05) is 6.20 Å². The van der Waals surface area contributed by atoms with Gasteiger partial charge in [0.15, 0.2) is 0 Å². The van der Waals surface area contributed by atoms with Crippen LogP contribution in [0.1, 0.15) is 30.0 Å². The summed E-state index contributed by atoms with van der Waals surface area (Å²) in [7, 11) is 7.79. The number of aryl methyl sites for hydroxylation is 3. The number of benzene rings is 3. The van der Waals surface area contributed by atoms with E-state index in [2.05, 4.69) is 15.4 Å². The maximum atomic E-state index is 16.2. The number of alkyl halides is 2. The SMILES string of the molecule is COc1cc(-c2cn(C)c(=O)c3cnc(-c4cnn(C)c4)cc23)cc(OC)c1CN1C(=O)C(F)(F)c2cc(-c3cccc4c3n(C)c(=O)n4C3CCC(=O)NC3=O)ccc21. The molecule has 0 saturated carbocycles. The predicted molar refractivity (Wildman–Crippen MR) is 217 cm³/mol. The first-order valence-electron chi connectivity index (χ1n) is 18.8. The van der Waals surface area contributed by atoms with Gasteiger partial charge in [-0.1, -0.05) is 18.2 Å². The molecule has 9 rings (SSSR count). The smallest absolute Gasteiger partial charge is 0.352 e. The molecule has 0 spiro atoms. The summed E-state index contributed by atoms with van der Waals surface area (Å²) in [5, 5.41) is 7.49. The van der Waals surface area contributed by atoms with Gasteiger partial charge in [-0.25, -0.2) is 4.79 Å². The highest BCUT2D eigenvalue weighted by Gasteiger charge is 2.53. The fraction of sp³-hybridized carbons (Fsp3) is 0.233. The molecule has 2 aliphatic heterocycles. The maximum Gasteiger partial charge on any atom is 0.352 e. The minimum atomic E-state index is -3.92. The molecule has 1 saturated heterocycles. The number of methoxy groups -OCH3 is 2. The summed E-state index contributed by atoms with van der Waals surface area (Å²) < 4.78 is 49.7. The van der Waals surface area contributed by atoms with Crippen LogP contribution in [-0.2, 0) is 48.0 Å². The number of nitrogens with one attached hydrogen (secondary N) is 1. The summed E-state index contributed by atoms with van der Waals surface area (Å²) in [5.74, 6) is -5.89. The van der Waals surface area contributed by atoms with Crippen molar-refractivity contribution in [2.24, 2.45) is 21.1 Å². The number of imide groups is 1. The van der Waals surface area contributed by atoms with E-state index in [0.29, 0.717) is 55.3 Å². The number of nitrogens with zero attached hydrogens (tertiary/aromatic N) is 7. The molecule has 4 aromatic heterocycles. The van der Waals surface area contributed by atoms with Crippen LogP contribution in [0, 0.1) is 0 Å². The summed E-state index contributed by atoms with van der Waals surface area (Å²) in [5.41, 5.74) is 3.12. The van der Waals surface area contributed by atoms with Crippen molar-refractivity contribution in [1.29, 1.82) is 0 Å². The van der Waals surface area contributed by atoms with Crippen LogP contribution in [0.2, 0.25) is 0 Å². The lowest BCUT2D eigenvalue weighted by Crippen LogP contribution is -2.44. The van der Waals surface area contributed by atoms with Gasteiger partial charge in [0.05, 0.1) is 65.9 Å². The summed E-state index contributed by atoms with van der Waals surface area (Å²) in [6.07, 6.45) is 6.88. The fourth-order valence-electron chi connectivity index (χ4n) is 8.40. The predicted octanol–water partition coefficient (Wildman–Crippen LogP) is 4.95. The third kappa shape index (κ3) is 5.78. The Kier molecular flexibility index (Phi) is 8.80. The number of amides is 3. The standard InChI is InChI=1S/C43H36F2N8O7/c1-49-20-28(26-16-31(24-17-47-50(2)19-24)46-18-27(26)40(49)56)23-14-35(59-4)29(36(15-23)60-5)21-52-32-10-9-22(13-30(32)43(44,45)41(52)57)25-7-6-8-33-38(25)51(3)42(58)53(33)34-11-12-37(54)48-39(34)55/h6-10,13-20,34H,11-12,21H2,1-5H3,(H,48,54,55). The number of anilines is 1. The molecule has 304 valence electrons. The molecule has 2 aliphatic rings. The number of carbonyl (C=O) groups is 3. The van der Waals surface area contributed by atoms with Crippen LogP contribution >= 0.6 is 0 Å². The number of aromatic nitrogens is 6. The zero-order valence-electron chi connectivity index (χ0n) is 32.9. The number of para-hydroxylation sites is 1. The van der Waals surface area contributed by atoms with Gasteiger partial charge in [0.25, 0.3) is 5.56 Å².